The molecular weight excluding hydrogens is 240 g/mol. The molecule has 4 heteroatoms. The highest BCUT2D eigenvalue weighted by Crippen LogP contribution is 2.10. The summed E-state index contributed by atoms with van der Waals surface area (Å²) in [5.41, 5.74) is 1.06. The van der Waals surface area contributed by atoms with Crippen LogP contribution in [0.15, 0.2) is 41.2 Å². The molecule has 0 spiro atoms. The Balaban J connectivity index is 2.30. The molecule has 0 fully saturated rings. The van der Waals surface area contributed by atoms with Crippen molar-refractivity contribution in [3.05, 3.63) is 52.3 Å². The van der Waals surface area contributed by atoms with Gasteiger partial charge in [0, 0.05) is 23.2 Å². The fourth-order valence-corrected chi connectivity index (χ4v) is 1.79. The van der Waals surface area contributed by atoms with Crippen LogP contribution >= 0.6 is 0 Å². The molecule has 0 aliphatic heterocycles. The van der Waals surface area contributed by atoms with Gasteiger partial charge < -0.3 is 10.3 Å². The maximum Gasteiger partial charge on any atom is 0.255 e. The summed E-state index contributed by atoms with van der Waals surface area (Å²) in [5, 5.41) is 3.67. The maximum absolute atomic E-state index is 11.8. The molecule has 1 amide bonds. The van der Waals surface area contributed by atoms with Gasteiger partial charge in [-0.05, 0) is 37.4 Å². The summed E-state index contributed by atoms with van der Waals surface area (Å²) in [6.45, 7) is 3.77. The molecule has 1 heterocycles. The standard InChI is InChI=1S/C15H16N2O2/c1-10(2)16-14(18)8-7-12-9-11-5-3-4-6-13(11)17-15(12)19/h3-10H,1-2H3,(H,16,18)(H,17,19)/b8-7+. The van der Waals surface area contributed by atoms with Crippen molar-refractivity contribution < 1.29 is 4.79 Å². The van der Waals surface area contributed by atoms with Crippen LogP contribution in [0.5, 0.6) is 0 Å². The first-order chi connectivity index (χ1) is 9.06. The Kier molecular flexibility index (Phi) is 3.80. The van der Waals surface area contributed by atoms with Crippen LogP contribution in [0.4, 0.5) is 0 Å². The normalized spacial score (nSPS) is 11.3. The second kappa shape index (κ2) is 5.52. The van der Waals surface area contributed by atoms with Crippen molar-refractivity contribution in [1.82, 2.24) is 10.3 Å². The number of hydrogen-bond acceptors (Lipinski definition) is 2. The molecule has 2 rings (SSSR count). The number of carbonyl (C=O) groups is 1. The van der Waals surface area contributed by atoms with Crippen molar-refractivity contribution in [3.8, 4) is 0 Å². The van der Waals surface area contributed by atoms with E-state index >= 15 is 0 Å². The minimum atomic E-state index is -0.206. The second-order valence-electron chi connectivity index (χ2n) is 4.64. The van der Waals surface area contributed by atoms with E-state index in [9.17, 15) is 9.59 Å². The molecular formula is C15H16N2O2. The number of para-hydroxylation sites is 1. The number of aromatic amines is 1. The second-order valence-corrected chi connectivity index (χ2v) is 4.64. The number of rotatable bonds is 3. The van der Waals surface area contributed by atoms with Crippen molar-refractivity contribution in [2.45, 2.75) is 19.9 Å². The van der Waals surface area contributed by atoms with Gasteiger partial charge in [-0.1, -0.05) is 18.2 Å². The van der Waals surface area contributed by atoms with E-state index in [1.54, 1.807) is 6.07 Å². The van der Waals surface area contributed by atoms with Crippen molar-refractivity contribution >= 4 is 22.9 Å². The van der Waals surface area contributed by atoms with E-state index in [0.717, 1.165) is 10.9 Å². The summed E-state index contributed by atoms with van der Waals surface area (Å²) in [6.07, 6.45) is 2.91. The van der Waals surface area contributed by atoms with E-state index in [-0.39, 0.29) is 17.5 Å². The first-order valence-electron chi connectivity index (χ1n) is 6.17. The van der Waals surface area contributed by atoms with Gasteiger partial charge in [0.25, 0.3) is 5.56 Å². The van der Waals surface area contributed by atoms with Crippen molar-refractivity contribution in [2.24, 2.45) is 0 Å². The van der Waals surface area contributed by atoms with Crippen LogP contribution in [0.1, 0.15) is 19.4 Å². The Morgan fingerprint density at radius 2 is 2.05 bits per heavy atom. The van der Waals surface area contributed by atoms with Gasteiger partial charge in [0.2, 0.25) is 5.91 Å². The lowest BCUT2D eigenvalue weighted by atomic mass is 10.1. The topological polar surface area (TPSA) is 62.0 Å². The van der Waals surface area contributed by atoms with Gasteiger partial charge >= 0.3 is 0 Å². The zero-order chi connectivity index (χ0) is 13.8. The molecule has 0 bridgehead atoms. The maximum atomic E-state index is 11.8. The van der Waals surface area contributed by atoms with Crippen LogP contribution in [0.2, 0.25) is 0 Å². The number of nitrogens with one attached hydrogen (secondary N) is 2. The zero-order valence-electron chi connectivity index (χ0n) is 10.9. The van der Waals surface area contributed by atoms with Crippen LogP contribution in [-0.4, -0.2) is 16.9 Å². The number of amides is 1. The minimum Gasteiger partial charge on any atom is -0.350 e. The van der Waals surface area contributed by atoms with E-state index in [4.69, 9.17) is 0 Å². The quantitative estimate of drug-likeness (QED) is 0.826. The van der Waals surface area contributed by atoms with Crippen LogP contribution < -0.4 is 10.9 Å². The average Bonchev–Trinajstić information content (AvgIpc) is 2.35. The van der Waals surface area contributed by atoms with E-state index in [1.807, 2.05) is 38.1 Å². The number of carbonyl (C=O) groups excluding carboxylic acids is 1. The number of benzene rings is 1. The third kappa shape index (κ3) is 3.31. The van der Waals surface area contributed by atoms with E-state index in [0.29, 0.717) is 5.56 Å². The van der Waals surface area contributed by atoms with Gasteiger partial charge in [0.05, 0.1) is 0 Å². The third-order valence-corrected chi connectivity index (χ3v) is 2.63. The summed E-state index contributed by atoms with van der Waals surface area (Å²) in [7, 11) is 0. The number of hydrogen-bond donors (Lipinski definition) is 2. The van der Waals surface area contributed by atoms with Gasteiger partial charge in [-0.3, -0.25) is 9.59 Å². The van der Waals surface area contributed by atoms with Crippen molar-refractivity contribution in [3.63, 3.8) is 0 Å². The molecule has 2 N–H and O–H groups in total. The molecule has 1 aromatic heterocycles. The van der Waals surface area contributed by atoms with Crippen molar-refractivity contribution in [2.75, 3.05) is 0 Å². The third-order valence-electron chi connectivity index (χ3n) is 2.63. The van der Waals surface area contributed by atoms with Gasteiger partial charge in [0.15, 0.2) is 0 Å². The molecule has 0 aliphatic carbocycles. The molecule has 0 atom stereocenters. The molecule has 19 heavy (non-hydrogen) atoms. The van der Waals surface area contributed by atoms with Gasteiger partial charge in [-0.15, -0.1) is 0 Å². The fraction of sp³-hybridized carbons (Fsp3) is 0.200. The van der Waals surface area contributed by atoms with E-state index < -0.39 is 0 Å². The SMILES string of the molecule is CC(C)NC(=O)/C=C/c1cc2ccccc2[nH]c1=O. The van der Waals surface area contributed by atoms with Gasteiger partial charge in [0.1, 0.15) is 0 Å². The lowest BCUT2D eigenvalue weighted by Gasteiger charge is -2.04. The van der Waals surface area contributed by atoms with E-state index in [2.05, 4.69) is 10.3 Å². The highest BCUT2D eigenvalue weighted by molar-refractivity contribution is 5.92. The first-order valence-corrected chi connectivity index (χ1v) is 6.17. The summed E-state index contributed by atoms with van der Waals surface area (Å²) in [4.78, 5) is 26.1. The highest BCUT2D eigenvalue weighted by atomic mass is 16.1. The number of fused-ring (bicyclic) bond motifs is 1. The number of H-pyrrole nitrogens is 1. The smallest absolute Gasteiger partial charge is 0.255 e. The molecule has 2 aromatic rings. The fourth-order valence-electron chi connectivity index (χ4n) is 1.79. The number of pyridine rings is 1. The molecule has 0 saturated carbocycles. The molecule has 0 unspecified atom stereocenters. The predicted octanol–water partition coefficient (Wildman–Crippen LogP) is 2.07. The van der Waals surface area contributed by atoms with Gasteiger partial charge in [-0.25, -0.2) is 0 Å². The first kappa shape index (κ1) is 13.1. The van der Waals surface area contributed by atoms with Crippen LogP contribution in [0.3, 0.4) is 0 Å². The lowest BCUT2D eigenvalue weighted by Crippen LogP contribution is -2.28. The average molecular weight is 256 g/mol. The molecule has 0 aliphatic rings. The lowest BCUT2D eigenvalue weighted by molar-refractivity contribution is -0.116. The molecule has 0 radical (unpaired) electrons. The Morgan fingerprint density at radius 3 is 2.79 bits per heavy atom. The number of aromatic nitrogens is 1. The monoisotopic (exact) mass is 256 g/mol. The summed E-state index contributed by atoms with van der Waals surface area (Å²) >= 11 is 0. The van der Waals surface area contributed by atoms with Crippen LogP contribution in [0.25, 0.3) is 17.0 Å². The Hall–Kier alpha value is -2.36. The summed E-state index contributed by atoms with van der Waals surface area (Å²) in [6, 6.07) is 9.37. The Morgan fingerprint density at radius 1 is 1.32 bits per heavy atom. The van der Waals surface area contributed by atoms with Gasteiger partial charge in [-0.2, -0.15) is 0 Å². The molecule has 0 saturated heterocycles. The largest absolute Gasteiger partial charge is 0.350 e. The van der Waals surface area contributed by atoms with Crippen LogP contribution in [-0.2, 0) is 4.79 Å². The molecule has 1 aromatic carbocycles. The molecule has 98 valence electrons. The highest BCUT2D eigenvalue weighted by Gasteiger charge is 2.01. The summed E-state index contributed by atoms with van der Waals surface area (Å²) < 4.78 is 0. The molecule has 4 nitrogen and oxygen atoms in total. The van der Waals surface area contributed by atoms with Crippen LogP contribution in [0, 0.1) is 0 Å². The van der Waals surface area contributed by atoms with Crippen molar-refractivity contribution in [1.29, 1.82) is 0 Å². The Labute approximate surface area is 111 Å². The zero-order valence-corrected chi connectivity index (χ0v) is 10.9. The minimum absolute atomic E-state index is 0.0760. The summed E-state index contributed by atoms with van der Waals surface area (Å²) in [5.74, 6) is -0.206. The predicted molar refractivity (Wildman–Crippen MR) is 76.9 cm³/mol. The Bertz CT molecular complexity index is 684. The van der Waals surface area contributed by atoms with E-state index in [1.165, 1.54) is 12.2 Å².